The van der Waals surface area contributed by atoms with Crippen LogP contribution in [-0.2, 0) is 6.54 Å². The SMILES string of the molecule is CCCCn1c(=O)c(C(=O)Nc2ccccc2C#N)c(O)c2ccccc21. The standard InChI is InChI=1S/C21H19N3O3/c1-2-3-12-24-17-11-7-5-9-15(17)19(25)18(21(24)27)20(26)23-16-10-6-4-8-14(16)13-22/h4-11,25H,2-3,12H2,1H3,(H,23,26). The van der Waals surface area contributed by atoms with Gasteiger partial charge in [0.25, 0.3) is 11.5 Å². The minimum Gasteiger partial charge on any atom is -0.506 e. The molecule has 136 valence electrons. The largest absolute Gasteiger partial charge is 0.506 e. The van der Waals surface area contributed by atoms with Crippen molar-refractivity contribution in [3.05, 3.63) is 70.0 Å². The van der Waals surface area contributed by atoms with Gasteiger partial charge in [-0.3, -0.25) is 9.59 Å². The number of carbonyl (C=O) groups is 1. The van der Waals surface area contributed by atoms with Crippen LogP contribution in [0, 0.1) is 11.3 Å². The highest BCUT2D eigenvalue weighted by Gasteiger charge is 2.22. The number of aryl methyl sites for hydroxylation is 1. The van der Waals surface area contributed by atoms with Crippen LogP contribution in [0.3, 0.4) is 0 Å². The number of fused-ring (bicyclic) bond motifs is 1. The van der Waals surface area contributed by atoms with Crippen molar-refractivity contribution in [1.29, 1.82) is 5.26 Å². The summed E-state index contributed by atoms with van der Waals surface area (Å²) in [6, 6.07) is 15.4. The molecule has 1 aromatic heterocycles. The van der Waals surface area contributed by atoms with E-state index < -0.39 is 11.5 Å². The molecule has 1 amide bonds. The maximum absolute atomic E-state index is 13.0. The Kier molecular flexibility index (Phi) is 5.23. The van der Waals surface area contributed by atoms with Crippen LogP contribution < -0.4 is 10.9 Å². The monoisotopic (exact) mass is 361 g/mol. The summed E-state index contributed by atoms with van der Waals surface area (Å²) in [5.74, 6) is -1.09. The molecular weight excluding hydrogens is 342 g/mol. The van der Waals surface area contributed by atoms with Crippen molar-refractivity contribution in [2.24, 2.45) is 0 Å². The summed E-state index contributed by atoms with van der Waals surface area (Å²) in [5.41, 5.74) is 0.279. The summed E-state index contributed by atoms with van der Waals surface area (Å²) in [5, 5.41) is 22.8. The number of carbonyl (C=O) groups excluding carboxylic acids is 1. The zero-order chi connectivity index (χ0) is 19.4. The second kappa shape index (κ2) is 7.75. The van der Waals surface area contributed by atoms with E-state index in [0.717, 1.165) is 12.8 Å². The molecule has 0 atom stereocenters. The number of aromatic nitrogens is 1. The number of benzene rings is 2. The molecule has 0 saturated heterocycles. The summed E-state index contributed by atoms with van der Waals surface area (Å²) in [7, 11) is 0. The average molecular weight is 361 g/mol. The predicted octanol–water partition coefficient (Wildman–Crippen LogP) is 3.63. The number of hydrogen-bond acceptors (Lipinski definition) is 4. The van der Waals surface area contributed by atoms with E-state index in [1.165, 1.54) is 4.57 Å². The minimum atomic E-state index is -0.740. The first-order valence-corrected chi connectivity index (χ1v) is 8.73. The van der Waals surface area contributed by atoms with Crippen LogP contribution in [-0.4, -0.2) is 15.6 Å². The third-order valence-electron chi connectivity index (χ3n) is 4.40. The van der Waals surface area contributed by atoms with Gasteiger partial charge in [-0.2, -0.15) is 5.26 Å². The Morgan fingerprint density at radius 3 is 2.63 bits per heavy atom. The molecule has 1 heterocycles. The maximum Gasteiger partial charge on any atom is 0.267 e. The molecule has 0 spiro atoms. The summed E-state index contributed by atoms with van der Waals surface area (Å²) >= 11 is 0. The van der Waals surface area contributed by atoms with Crippen molar-refractivity contribution in [2.45, 2.75) is 26.3 Å². The fraction of sp³-hybridized carbons (Fsp3) is 0.190. The Bertz CT molecular complexity index is 1110. The first-order chi connectivity index (χ1) is 13.1. The molecular formula is C21H19N3O3. The van der Waals surface area contributed by atoms with Gasteiger partial charge in [0.1, 0.15) is 17.4 Å². The van der Waals surface area contributed by atoms with Crippen molar-refractivity contribution in [1.82, 2.24) is 4.57 Å². The second-order valence-electron chi connectivity index (χ2n) is 6.16. The molecule has 3 aromatic rings. The van der Waals surface area contributed by atoms with Gasteiger partial charge < -0.3 is 15.0 Å². The van der Waals surface area contributed by atoms with E-state index in [9.17, 15) is 20.0 Å². The van der Waals surface area contributed by atoms with Crippen LogP contribution in [0.25, 0.3) is 10.9 Å². The van der Waals surface area contributed by atoms with Crippen molar-refractivity contribution >= 4 is 22.5 Å². The normalized spacial score (nSPS) is 10.5. The number of aromatic hydroxyl groups is 1. The van der Waals surface area contributed by atoms with Crippen molar-refractivity contribution in [3.8, 4) is 11.8 Å². The molecule has 3 rings (SSSR count). The minimum absolute atomic E-state index is 0.275. The topological polar surface area (TPSA) is 95.1 Å². The lowest BCUT2D eigenvalue weighted by Crippen LogP contribution is -2.30. The lowest BCUT2D eigenvalue weighted by molar-refractivity contribution is 0.102. The van der Waals surface area contributed by atoms with Gasteiger partial charge in [-0.1, -0.05) is 37.6 Å². The number of nitrogens with one attached hydrogen (secondary N) is 1. The summed E-state index contributed by atoms with van der Waals surface area (Å²) in [6.45, 7) is 2.46. The third-order valence-corrected chi connectivity index (χ3v) is 4.40. The fourth-order valence-electron chi connectivity index (χ4n) is 3.01. The Hall–Kier alpha value is -3.59. The molecule has 0 aliphatic rings. The molecule has 0 aliphatic heterocycles. The zero-order valence-electron chi connectivity index (χ0n) is 14.9. The van der Waals surface area contributed by atoms with Gasteiger partial charge in [-0.15, -0.1) is 0 Å². The molecule has 0 unspecified atom stereocenters. The zero-order valence-corrected chi connectivity index (χ0v) is 14.9. The van der Waals surface area contributed by atoms with E-state index >= 15 is 0 Å². The molecule has 0 saturated carbocycles. The van der Waals surface area contributed by atoms with Crippen molar-refractivity contribution < 1.29 is 9.90 Å². The smallest absolute Gasteiger partial charge is 0.267 e. The number of amides is 1. The van der Waals surface area contributed by atoms with Gasteiger partial charge in [0.2, 0.25) is 0 Å². The number of nitriles is 1. The molecule has 2 N–H and O–H groups in total. The molecule has 0 bridgehead atoms. The van der Waals surface area contributed by atoms with Crippen LogP contribution >= 0.6 is 0 Å². The highest BCUT2D eigenvalue weighted by atomic mass is 16.3. The maximum atomic E-state index is 13.0. The van der Waals surface area contributed by atoms with Crippen LogP contribution in [0.4, 0.5) is 5.69 Å². The number of hydrogen-bond donors (Lipinski definition) is 2. The van der Waals surface area contributed by atoms with Crippen LogP contribution in [0.5, 0.6) is 5.75 Å². The highest BCUT2D eigenvalue weighted by molar-refractivity contribution is 6.09. The van der Waals surface area contributed by atoms with Crippen LogP contribution in [0.2, 0.25) is 0 Å². The summed E-state index contributed by atoms with van der Waals surface area (Å²) in [6.07, 6.45) is 1.66. The van der Waals surface area contributed by atoms with Crippen LogP contribution in [0.15, 0.2) is 53.3 Å². The number of unbranched alkanes of at least 4 members (excludes halogenated alkanes) is 1. The van der Waals surface area contributed by atoms with E-state index in [0.29, 0.717) is 17.4 Å². The van der Waals surface area contributed by atoms with E-state index in [1.54, 1.807) is 48.5 Å². The predicted molar refractivity (Wildman–Crippen MR) is 104 cm³/mol. The Labute approximate surface area is 156 Å². The highest BCUT2D eigenvalue weighted by Crippen LogP contribution is 2.27. The van der Waals surface area contributed by atoms with Crippen LogP contribution in [0.1, 0.15) is 35.7 Å². The number of para-hydroxylation sites is 2. The van der Waals surface area contributed by atoms with E-state index in [4.69, 9.17) is 0 Å². The quantitative estimate of drug-likeness (QED) is 0.725. The third kappa shape index (κ3) is 3.40. The van der Waals surface area contributed by atoms with Gasteiger partial charge in [-0.25, -0.2) is 0 Å². The first kappa shape index (κ1) is 18.2. The average Bonchev–Trinajstić information content (AvgIpc) is 2.68. The van der Waals surface area contributed by atoms with Gasteiger partial charge in [0.05, 0.1) is 16.8 Å². The molecule has 0 radical (unpaired) electrons. The molecule has 2 aromatic carbocycles. The molecule has 27 heavy (non-hydrogen) atoms. The fourth-order valence-corrected chi connectivity index (χ4v) is 3.01. The van der Waals surface area contributed by atoms with E-state index in [1.807, 2.05) is 13.0 Å². The summed E-state index contributed by atoms with van der Waals surface area (Å²) < 4.78 is 1.52. The second-order valence-corrected chi connectivity index (χ2v) is 6.16. The number of rotatable bonds is 5. The Morgan fingerprint density at radius 1 is 1.19 bits per heavy atom. The van der Waals surface area contributed by atoms with Gasteiger partial charge in [-0.05, 0) is 30.7 Å². The Morgan fingerprint density at radius 2 is 1.89 bits per heavy atom. The van der Waals surface area contributed by atoms with Gasteiger partial charge >= 0.3 is 0 Å². The lowest BCUT2D eigenvalue weighted by Gasteiger charge is -2.15. The number of nitrogens with zero attached hydrogens (tertiary/aromatic N) is 2. The van der Waals surface area contributed by atoms with Crippen molar-refractivity contribution in [2.75, 3.05) is 5.32 Å². The summed E-state index contributed by atoms with van der Waals surface area (Å²) in [4.78, 5) is 25.8. The molecule has 6 nitrogen and oxygen atoms in total. The van der Waals surface area contributed by atoms with Crippen molar-refractivity contribution in [3.63, 3.8) is 0 Å². The first-order valence-electron chi connectivity index (χ1n) is 8.73. The molecule has 6 heteroatoms. The number of anilines is 1. The van der Waals surface area contributed by atoms with E-state index in [-0.39, 0.29) is 22.6 Å². The van der Waals surface area contributed by atoms with Gasteiger partial charge in [0.15, 0.2) is 0 Å². The number of pyridine rings is 1. The molecule has 0 fully saturated rings. The van der Waals surface area contributed by atoms with Gasteiger partial charge in [0, 0.05) is 11.9 Å². The lowest BCUT2D eigenvalue weighted by atomic mass is 10.1. The Balaban J connectivity index is 2.15. The molecule has 0 aliphatic carbocycles. The van der Waals surface area contributed by atoms with E-state index in [2.05, 4.69) is 5.32 Å².